The SMILES string of the molecule is COC(=O)/C=C/c1ccc(OCc2ccccc2Cl)cc1. The predicted octanol–water partition coefficient (Wildman–Crippen LogP) is 4.11. The summed E-state index contributed by atoms with van der Waals surface area (Å²) < 4.78 is 10.2. The van der Waals surface area contributed by atoms with Crippen LogP contribution in [0.15, 0.2) is 54.6 Å². The summed E-state index contributed by atoms with van der Waals surface area (Å²) in [5.74, 6) is 0.360. The van der Waals surface area contributed by atoms with Crippen LogP contribution in [0.25, 0.3) is 6.08 Å². The summed E-state index contributed by atoms with van der Waals surface area (Å²) in [5, 5.41) is 0.690. The van der Waals surface area contributed by atoms with E-state index < -0.39 is 0 Å². The molecule has 0 saturated heterocycles. The van der Waals surface area contributed by atoms with E-state index in [4.69, 9.17) is 16.3 Å². The summed E-state index contributed by atoms with van der Waals surface area (Å²) in [6.07, 6.45) is 3.06. The number of methoxy groups -OCH3 is 1. The van der Waals surface area contributed by atoms with E-state index >= 15 is 0 Å². The topological polar surface area (TPSA) is 35.5 Å². The molecule has 0 heterocycles. The van der Waals surface area contributed by atoms with Crippen molar-refractivity contribution in [3.05, 3.63) is 70.8 Å². The van der Waals surface area contributed by atoms with Crippen LogP contribution in [0.1, 0.15) is 11.1 Å². The standard InChI is InChI=1S/C17H15ClO3/c1-20-17(19)11-8-13-6-9-15(10-7-13)21-12-14-4-2-3-5-16(14)18/h2-11H,12H2,1H3/b11-8+. The number of rotatable bonds is 5. The molecule has 0 bridgehead atoms. The fraction of sp³-hybridized carbons (Fsp3) is 0.118. The van der Waals surface area contributed by atoms with Gasteiger partial charge in [0.05, 0.1) is 7.11 Å². The maximum absolute atomic E-state index is 11.0. The number of ether oxygens (including phenoxy) is 2. The molecular formula is C17H15ClO3. The molecule has 0 fully saturated rings. The molecule has 0 spiro atoms. The summed E-state index contributed by atoms with van der Waals surface area (Å²) in [6, 6.07) is 15.0. The van der Waals surface area contributed by atoms with Gasteiger partial charge in [0.1, 0.15) is 12.4 Å². The first kappa shape index (κ1) is 15.1. The summed E-state index contributed by atoms with van der Waals surface area (Å²) in [4.78, 5) is 11.0. The van der Waals surface area contributed by atoms with Gasteiger partial charge in [-0.2, -0.15) is 0 Å². The molecule has 2 rings (SSSR count). The van der Waals surface area contributed by atoms with Crippen molar-refractivity contribution in [3.8, 4) is 5.75 Å². The number of hydrogen-bond donors (Lipinski definition) is 0. The number of benzene rings is 2. The van der Waals surface area contributed by atoms with Crippen LogP contribution in [-0.4, -0.2) is 13.1 Å². The normalized spacial score (nSPS) is 10.6. The van der Waals surface area contributed by atoms with Gasteiger partial charge in [-0.05, 0) is 29.8 Å². The van der Waals surface area contributed by atoms with Gasteiger partial charge in [0.2, 0.25) is 0 Å². The highest BCUT2D eigenvalue weighted by Crippen LogP contribution is 2.19. The summed E-state index contributed by atoms with van der Waals surface area (Å²) >= 11 is 6.07. The molecule has 0 aromatic heterocycles. The number of halogens is 1. The summed E-state index contributed by atoms with van der Waals surface area (Å²) in [7, 11) is 1.35. The zero-order valence-electron chi connectivity index (χ0n) is 11.6. The van der Waals surface area contributed by atoms with Gasteiger partial charge in [0.15, 0.2) is 0 Å². The molecule has 0 aliphatic heterocycles. The van der Waals surface area contributed by atoms with Crippen LogP contribution < -0.4 is 4.74 Å². The average molecular weight is 303 g/mol. The highest BCUT2D eigenvalue weighted by atomic mass is 35.5. The third kappa shape index (κ3) is 4.65. The van der Waals surface area contributed by atoms with E-state index in [1.165, 1.54) is 13.2 Å². The second kappa shape index (κ2) is 7.50. The molecule has 2 aromatic carbocycles. The molecule has 0 N–H and O–H groups in total. The highest BCUT2D eigenvalue weighted by Gasteiger charge is 2.00. The lowest BCUT2D eigenvalue weighted by Gasteiger charge is -2.07. The molecule has 0 aliphatic rings. The molecule has 4 heteroatoms. The molecule has 3 nitrogen and oxygen atoms in total. The Labute approximate surface area is 128 Å². The molecule has 0 aliphatic carbocycles. The highest BCUT2D eigenvalue weighted by molar-refractivity contribution is 6.31. The smallest absolute Gasteiger partial charge is 0.330 e. The largest absolute Gasteiger partial charge is 0.489 e. The maximum Gasteiger partial charge on any atom is 0.330 e. The monoisotopic (exact) mass is 302 g/mol. The summed E-state index contributed by atoms with van der Waals surface area (Å²) in [6.45, 7) is 0.414. The molecule has 108 valence electrons. The molecule has 0 radical (unpaired) electrons. The van der Waals surface area contributed by atoms with Crippen molar-refractivity contribution in [2.45, 2.75) is 6.61 Å². The third-order valence-corrected chi connectivity index (χ3v) is 3.21. The Balaban J connectivity index is 1.95. The second-order valence-corrected chi connectivity index (χ2v) is 4.71. The van der Waals surface area contributed by atoms with E-state index in [0.29, 0.717) is 11.6 Å². The van der Waals surface area contributed by atoms with E-state index in [1.54, 1.807) is 6.08 Å². The second-order valence-electron chi connectivity index (χ2n) is 4.31. The first-order chi connectivity index (χ1) is 10.2. The Morgan fingerprint density at radius 2 is 1.86 bits per heavy atom. The molecular weight excluding hydrogens is 288 g/mol. The minimum atomic E-state index is -0.381. The molecule has 0 unspecified atom stereocenters. The van der Waals surface area contributed by atoms with Crippen molar-refractivity contribution in [1.29, 1.82) is 0 Å². The summed E-state index contributed by atoms with van der Waals surface area (Å²) in [5.41, 5.74) is 1.83. The molecule has 21 heavy (non-hydrogen) atoms. The molecule has 0 saturated carbocycles. The van der Waals surface area contributed by atoms with Gasteiger partial charge in [-0.1, -0.05) is 41.9 Å². The number of hydrogen-bond acceptors (Lipinski definition) is 3. The zero-order chi connectivity index (χ0) is 15.1. The van der Waals surface area contributed by atoms with Crippen molar-refractivity contribution in [2.24, 2.45) is 0 Å². The van der Waals surface area contributed by atoms with Crippen molar-refractivity contribution >= 4 is 23.6 Å². The Morgan fingerprint density at radius 1 is 1.14 bits per heavy atom. The third-order valence-electron chi connectivity index (χ3n) is 2.85. The fourth-order valence-electron chi connectivity index (χ4n) is 1.68. The average Bonchev–Trinajstić information content (AvgIpc) is 2.53. The Hall–Kier alpha value is -2.26. The van der Waals surface area contributed by atoms with E-state index in [1.807, 2.05) is 48.5 Å². The molecule has 0 amide bonds. The molecule has 0 atom stereocenters. The van der Waals surface area contributed by atoms with Crippen molar-refractivity contribution in [2.75, 3.05) is 7.11 Å². The van der Waals surface area contributed by atoms with Crippen LogP contribution in [0.3, 0.4) is 0 Å². The van der Waals surface area contributed by atoms with E-state index in [9.17, 15) is 4.79 Å². The number of carbonyl (C=O) groups is 1. The fourth-order valence-corrected chi connectivity index (χ4v) is 1.87. The van der Waals surface area contributed by atoms with Gasteiger partial charge in [-0.3, -0.25) is 0 Å². The van der Waals surface area contributed by atoms with Gasteiger partial charge in [0.25, 0.3) is 0 Å². The molecule has 2 aromatic rings. The van der Waals surface area contributed by atoms with Crippen molar-refractivity contribution in [1.82, 2.24) is 0 Å². The number of carbonyl (C=O) groups excluding carboxylic acids is 1. The van der Waals surface area contributed by atoms with Crippen LogP contribution in [0, 0.1) is 0 Å². The lowest BCUT2D eigenvalue weighted by Crippen LogP contribution is -1.96. The van der Waals surface area contributed by atoms with Crippen LogP contribution in [0.5, 0.6) is 5.75 Å². The van der Waals surface area contributed by atoms with Crippen molar-refractivity contribution in [3.63, 3.8) is 0 Å². The quantitative estimate of drug-likeness (QED) is 0.616. The first-order valence-electron chi connectivity index (χ1n) is 6.41. The van der Waals surface area contributed by atoms with Crippen LogP contribution in [-0.2, 0) is 16.1 Å². The Morgan fingerprint density at radius 3 is 2.52 bits per heavy atom. The van der Waals surface area contributed by atoms with Gasteiger partial charge in [-0.25, -0.2) is 4.79 Å². The number of esters is 1. The van der Waals surface area contributed by atoms with Crippen LogP contribution in [0.2, 0.25) is 5.02 Å². The Bertz CT molecular complexity index is 633. The van der Waals surface area contributed by atoms with Gasteiger partial charge < -0.3 is 9.47 Å². The predicted molar refractivity (Wildman–Crippen MR) is 83.3 cm³/mol. The first-order valence-corrected chi connectivity index (χ1v) is 6.79. The zero-order valence-corrected chi connectivity index (χ0v) is 12.3. The van der Waals surface area contributed by atoms with E-state index in [2.05, 4.69) is 4.74 Å². The lowest BCUT2D eigenvalue weighted by molar-refractivity contribution is -0.134. The van der Waals surface area contributed by atoms with E-state index in [0.717, 1.165) is 16.9 Å². The minimum Gasteiger partial charge on any atom is -0.489 e. The Kier molecular flexibility index (Phi) is 5.41. The maximum atomic E-state index is 11.0. The minimum absolute atomic E-state index is 0.381. The van der Waals surface area contributed by atoms with Gasteiger partial charge in [-0.15, -0.1) is 0 Å². The van der Waals surface area contributed by atoms with Crippen molar-refractivity contribution < 1.29 is 14.3 Å². The van der Waals surface area contributed by atoms with Crippen LogP contribution in [0.4, 0.5) is 0 Å². The van der Waals surface area contributed by atoms with Gasteiger partial charge in [0, 0.05) is 16.7 Å². The van der Waals surface area contributed by atoms with E-state index in [-0.39, 0.29) is 5.97 Å². The van der Waals surface area contributed by atoms with Crippen LogP contribution >= 0.6 is 11.6 Å². The lowest BCUT2D eigenvalue weighted by atomic mass is 10.2. The van der Waals surface area contributed by atoms with Gasteiger partial charge >= 0.3 is 5.97 Å².